The molecule has 122 valence electrons. The standard InChI is InChI=1S/C16H23ClN2O2S/c1-12(22-2)16(20)18-11-15(19-6-8-21-9-7-19)13-4-3-5-14(17)10-13/h3-5,10,12,15H,6-9,11H2,1-2H3,(H,18,20). The maximum Gasteiger partial charge on any atom is 0.232 e. The molecule has 2 atom stereocenters. The van der Waals surface area contributed by atoms with Gasteiger partial charge in [-0.05, 0) is 30.9 Å². The van der Waals surface area contributed by atoms with Crippen LogP contribution in [0.5, 0.6) is 0 Å². The van der Waals surface area contributed by atoms with Crippen LogP contribution < -0.4 is 5.32 Å². The predicted octanol–water partition coefficient (Wildman–Crippen LogP) is 2.58. The van der Waals surface area contributed by atoms with Crippen LogP contribution in [0.25, 0.3) is 0 Å². The Morgan fingerprint density at radius 2 is 2.18 bits per heavy atom. The number of carbonyl (C=O) groups is 1. The van der Waals surface area contributed by atoms with Gasteiger partial charge in [0.2, 0.25) is 5.91 Å². The molecule has 0 aliphatic carbocycles. The Morgan fingerprint density at radius 3 is 2.82 bits per heavy atom. The lowest BCUT2D eigenvalue weighted by Crippen LogP contribution is -2.44. The molecule has 0 bridgehead atoms. The molecule has 1 heterocycles. The summed E-state index contributed by atoms with van der Waals surface area (Å²) in [6, 6.07) is 8.00. The van der Waals surface area contributed by atoms with Crippen molar-refractivity contribution in [3.05, 3.63) is 34.9 Å². The summed E-state index contributed by atoms with van der Waals surface area (Å²) >= 11 is 7.68. The Balaban J connectivity index is 2.09. The number of benzene rings is 1. The van der Waals surface area contributed by atoms with Gasteiger partial charge in [0, 0.05) is 24.7 Å². The maximum atomic E-state index is 12.1. The van der Waals surface area contributed by atoms with Gasteiger partial charge >= 0.3 is 0 Å². The zero-order valence-electron chi connectivity index (χ0n) is 13.0. The minimum atomic E-state index is -0.0373. The molecule has 22 heavy (non-hydrogen) atoms. The van der Waals surface area contributed by atoms with Gasteiger partial charge in [0.1, 0.15) is 0 Å². The third-order valence-corrected chi connectivity index (χ3v) is 5.07. The molecule has 0 saturated carbocycles. The van der Waals surface area contributed by atoms with Gasteiger partial charge in [0.05, 0.1) is 24.5 Å². The van der Waals surface area contributed by atoms with Crippen molar-refractivity contribution in [1.82, 2.24) is 10.2 Å². The fourth-order valence-electron chi connectivity index (χ4n) is 2.51. The first-order valence-corrected chi connectivity index (χ1v) is 9.16. The molecule has 6 heteroatoms. The maximum absolute atomic E-state index is 12.1. The Kier molecular flexibility index (Phi) is 7.02. The fourth-order valence-corrected chi connectivity index (χ4v) is 3.00. The lowest BCUT2D eigenvalue weighted by atomic mass is 10.0. The molecule has 0 spiro atoms. The molecule has 0 radical (unpaired) electrons. The lowest BCUT2D eigenvalue weighted by Gasteiger charge is -2.35. The summed E-state index contributed by atoms with van der Waals surface area (Å²) in [6.07, 6.45) is 1.95. The Morgan fingerprint density at radius 1 is 1.45 bits per heavy atom. The van der Waals surface area contributed by atoms with E-state index in [9.17, 15) is 4.79 Å². The molecule has 0 aromatic heterocycles. The van der Waals surface area contributed by atoms with Gasteiger partial charge in [-0.3, -0.25) is 9.69 Å². The van der Waals surface area contributed by atoms with Crippen LogP contribution in [-0.4, -0.2) is 55.2 Å². The summed E-state index contributed by atoms with van der Waals surface area (Å²) in [5, 5.41) is 3.75. The van der Waals surface area contributed by atoms with Crippen molar-refractivity contribution in [2.45, 2.75) is 18.2 Å². The van der Waals surface area contributed by atoms with Gasteiger partial charge in [0.25, 0.3) is 0 Å². The molecular formula is C16H23ClN2O2S. The highest BCUT2D eigenvalue weighted by molar-refractivity contribution is 7.99. The number of ether oxygens (including phenoxy) is 1. The van der Waals surface area contributed by atoms with Gasteiger partial charge < -0.3 is 10.1 Å². The molecule has 1 aromatic carbocycles. The Labute approximate surface area is 141 Å². The normalized spacial score (nSPS) is 18.7. The van der Waals surface area contributed by atoms with Crippen molar-refractivity contribution >= 4 is 29.3 Å². The second-order valence-electron chi connectivity index (χ2n) is 5.34. The smallest absolute Gasteiger partial charge is 0.232 e. The van der Waals surface area contributed by atoms with Gasteiger partial charge in [-0.2, -0.15) is 11.8 Å². The van der Waals surface area contributed by atoms with Crippen molar-refractivity contribution in [1.29, 1.82) is 0 Å². The lowest BCUT2D eigenvalue weighted by molar-refractivity contribution is -0.120. The van der Waals surface area contributed by atoms with E-state index >= 15 is 0 Å². The van der Waals surface area contributed by atoms with Gasteiger partial charge in [0.15, 0.2) is 0 Å². The van der Waals surface area contributed by atoms with Crippen LogP contribution in [0, 0.1) is 0 Å². The summed E-state index contributed by atoms with van der Waals surface area (Å²) in [4.78, 5) is 14.4. The number of nitrogens with zero attached hydrogens (tertiary/aromatic N) is 1. The molecule has 2 unspecified atom stereocenters. The summed E-state index contributed by atoms with van der Waals surface area (Å²) in [7, 11) is 0. The van der Waals surface area contributed by atoms with E-state index in [0.717, 1.165) is 36.9 Å². The fraction of sp³-hybridized carbons (Fsp3) is 0.562. The van der Waals surface area contributed by atoms with Crippen LogP contribution in [-0.2, 0) is 9.53 Å². The number of hydrogen-bond acceptors (Lipinski definition) is 4. The second-order valence-corrected chi connectivity index (χ2v) is 6.96. The molecule has 1 aliphatic heterocycles. The summed E-state index contributed by atoms with van der Waals surface area (Å²) in [5.74, 6) is 0.0767. The van der Waals surface area contributed by atoms with Crippen molar-refractivity contribution in [2.75, 3.05) is 39.1 Å². The molecule has 1 amide bonds. The molecule has 1 N–H and O–H groups in total. The molecule has 2 rings (SSSR count). The first-order chi connectivity index (χ1) is 10.6. The van der Waals surface area contributed by atoms with Crippen molar-refractivity contribution in [2.24, 2.45) is 0 Å². The Bertz CT molecular complexity index is 495. The minimum Gasteiger partial charge on any atom is -0.379 e. The van der Waals surface area contributed by atoms with Crippen LogP contribution in [0.3, 0.4) is 0 Å². The molecular weight excluding hydrogens is 320 g/mol. The quantitative estimate of drug-likeness (QED) is 0.862. The third kappa shape index (κ3) is 4.88. The first-order valence-electron chi connectivity index (χ1n) is 7.49. The summed E-state index contributed by atoms with van der Waals surface area (Å²) in [5.41, 5.74) is 1.13. The highest BCUT2D eigenvalue weighted by atomic mass is 35.5. The van der Waals surface area contributed by atoms with E-state index in [1.807, 2.05) is 31.4 Å². The molecule has 1 fully saturated rings. The van der Waals surface area contributed by atoms with E-state index in [1.165, 1.54) is 0 Å². The summed E-state index contributed by atoms with van der Waals surface area (Å²) < 4.78 is 5.43. The number of amides is 1. The molecule has 1 saturated heterocycles. The zero-order chi connectivity index (χ0) is 15.9. The average Bonchev–Trinajstić information content (AvgIpc) is 2.55. The van der Waals surface area contributed by atoms with Crippen LogP contribution in [0.1, 0.15) is 18.5 Å². The predicted molar refractivity (Wildman–Crippen MR) is 92.6 cm³/mol. The van der Waals surface area contributed by atoms with E-state index < -0.39 is 0 Å². The topological polar surface area (TPSA) is 41.6 Å². The van der Waals surface area contributed by atoms with Gasteiger partial charge in [-0.15, -0.1) is 0 Å². The van der Waals surface area contributed by atoms with E-state index in [0.29, 0.717) is 6.54 Å². The molecule has 1 aliphatic rings. The number of carbonyl (C=O) groups excluding carboxylic acids is 1. The van der Waals surface area contributed by atoms with Crippen molar-refractivity contribution in [3.63, 3.8) is 0 Å². The summed E-state index contributed by atoms with van der Waals surface area (Å²) in [6.45, 7) is 5.70. The van der Waals surface area contributed by atoms with Crippen molar-refractivity contribution in [3.8, 4) is 0 Å². The van der Waals surface area contributed by atoms with E-state index in [1.54, 1.807) is 11.8 Å². The van der Waals surface area contributed by atoms with E-state index in [2.05, 4.69) is 16.3 Å². The highest BCUT2D eigenvalue weighted by Gasteiger charge is 2.24. The second kappa shape index (κ2) is 8.77. The number of thioether (sulfide) groups is 1. The van der Waals surface area contributed by atoms with Gasteiger partial charge in [-0.25, -0.2) is 0 Å². The zero-order valence-corrected chi connectivity index (χ0v) is 14.6. The SMILES string of the molecule is CSC(C)C(=O)NCC(c1cccc(Cl)c1)N1CCOCC1. The Hall–Kier alpha value is -0.750. The van der Waals surface area contributed by atoms with E-state index in [4.69, 9.17) is 16.3 Å². The largest absolute Gasteiger partial charge is 0.379 e. The number of nitrogens with one attached hydrogen (secondary N) is 1. The monoisotopic (exact) mass is 342 g/mol. The van der Waals surface area contributed by atoms with Crippen LogP contribution in [0.2, 0.25) is 5.02 Å². The average molecular weight is 343 g/mol. The van der Waals surface area contributed by atoms with Crippen LogP contribution in [0.15, 0.2) is 24.3 Å². The van der Waals surface area contributed by atoms with Crippen molar-refractivity contribution < 1.29 is 9.53 Å². The first kappa shape index (κ1) is 17.6. The van der Waals surface area contributed by atoms with Crippen LogP contribution >= 0.6 is 23.4 Å². The van der Waals surface area contributed by atoms with Gasteiger partial charge in [-0.1, -0.05) is 23.7 Å². The van der Waals surface area contributed by atoms with E-state index in [-0.39, 0.29) is 17.2 Å². The number of halogens is 1. The molecule has 1 aromatic rings. The highest BCUT2D eigenvalue weighted by Crippen LogP contribution is 2.24. The minimum absolute atomic E-state index is 0.0373. The number of rotatable bonds is 6. The van der Waals surface area contributed by atoms with Crippen LogP contribution in [0.4, 0.5) is 0 Å². The molecule has 4 nitrogen and oxygen atoms in total. The third-order valence-electron chi connectivity index (χ3n) is 3.91. The number of morpholine rings is 1. The number of hydrogen-bond donors (Lipinski definition) is 1.